The van der Waals surface area contributed by atoms with Crippen molar-refractivity contribution in [3.63, 3.8) is 0 Å². The number of amides is 1. The van der Waals surface area contributed by atoms with Gasteiger partial charge in [-0.15, -0.1) is 11.3 Å². The van der Waals surface area contributed by atoms with E-state index in [1.165, 1.54) is 16.9 Å². The predicted molar refractivity (Wildman–Crippen MR) is 121 cm³/mol. The molecule has 0 bridgehead atoms. The van der Waals surface area contributed by atoms with Crippen LogP contribution in [0.3, 0.4) is 0 Å². The van der Waals surface area contributed by atoms with Crippen LogP contribution in [0.15, 0.2) is 46.7 Å². The number of thiophene rings is 1. The highest BCUT2D eigenvalue weighted by atomic mass is 32.2. The predicted octanol–water partition coefficient (Wildman–Crippen LogP) is 3.10. The summed E-state index contributed by atoms with van der Waals surface area (Å²) in [5.74, 6) is -0.0653. The number of carbonyl (C=O) groups excluding carboxylic acids is 1. The first-order chi connectivity index (χ1) is 14.4. The zero-order chi connectivity index (χ0) is 21.4. The Balaban J connectivity index is 1.39. The molecule has 1 amide bonds. The van der Waals surface area contributed by atoms with Gasteiger partial charge in [0, 0.05) is 31.1 Å². The number of nitrogens with zero attached hydrogens (tertiary/aromatic N) is 2. The van der Waals surface area contributed by atoms with Gasteiger partial charge in [0.25, 0.3) is 10.0 Å². The molecule has 0 radical (unpaired) electrons. The zero-order valence-electron chi connectivity index (χ0n) is 17.5. The van der Waals surface area contributed by atoms with Gasteiger partial charge in [0.05, 0.1) is 6.42 Å². The van der Waals surface area contributed by atoms with E-state index >= 15 is 0 Å². The molecule has 0 spiro atoms. The van der Waals surface area contributed by atoms with Gasteiger partial charge in [-0.25, -0.2) is 8.42 Å². The molecule has 3 rings (SSSR count). The normalized spacial score (nSPS) is 15.4. The molecule has 1 aromatic heterocycles. The van der Waals surface area contributed by atoms with E-state index in [1.54, 1.807) is 16.4 Å². The summed E-state index contributed by atoms with van der Waals surface area (Å²) in [6.07, 6.45) is 4.01. The zero-order valence-corrected chi connectivity index (χ0v) is 19.2. The van der Waals surface area contributed by atoms with E-state index in [2.05, 4.69) is 29.4 Å². The second-order valence-electron chi connectivity index (χ2n) is 7.79. The van der Waals surface area contributed by atoms with E-state index in [0.717, 1.165) is 43.6 Å². The summed E-state index contributed by atoms with van der Waals surface area (Å²) in [6.45, 7) is 3.58. The second kappa shape index (κ2) is 11.0. The molecular formula is C22H31N3O3S2. The van der Waals surface area contributed by atoms with E-state index in [-0.39, 0.29) is 12.3 Å². The average Bonchev–Trinajstić information content (AvgIpc) is 3.22. The van der Waals surface area contributed by atoms with Gasteiger partial charge in [0.2, 0.25) is 5.91 Å². The van der Waals surface area contributed by atoms with Crippen LogP contribution in [-0.2, 0) is 27.8 Å². The van der Waals surface area contributed by atoms with E-state index < -0.39 is 10.0 Å². The van der Waals surface area contributed by atoms with Crippen LogP contribution >= 0.6 is 11.3 Å². The molecule has 8 heteroatoms. The summed E-state index contributed by atoms with van der Waals surface area (Å²) in [5, 5.41) is 2.94. The van der Waals surface area contributed by atoms with Crippen LogP contribution in [0.1, 0.15) is 36.1 Å². The minimum Gasteiger partial charge on any atom is -0.356 e. The number of hydrogen-bond acceptors (Lipinski definition) is 5. The Morgan fingerprint density at radius 3 is 2.57 bits per heavy atom. The molecule has 1 saturated heterocycles. The van der Waals surface area contributed by atoms with Gasteiger partial charge in [-0.2, -0.15) is 4.31 Å². The lowest BCUT2D eigenvalue weighted by atomic mass is 10.2. The van der Waals surface area contributed by atoms with Crippen molar-refractivity contribution in [3.05, 3.63) is 52.9 Å². The summed E-state index contributed by atoms with van der Waals surface area (Å²) in [6, 6.07) is 13.7. The first-order valence-electron chi connectivity index (χ1n) is 10.5. The molecule has 2 aromatic rings. The van der Waals surface area contributed by atoms with Gasteiger partial charge < -0.3 is 10.2 Å². The fraction of sp³-hybridized carbons (Fsp3) is 0.500. The molecule has 2 heterocycles. The maximum absolute atomic E-state index is 12.7. The number of nitrogens with one attached hydrogen (secondary N) is 1. The molecule has 6 nitrogen and oxygen atoms in total. The van der Waals surface area contributed by atoms with Crippen molar-refractivity contribution >= 4 is 27.3 Å². The molecule has 1 aliphatic heterocycles. The number of hydrogen-bond donors (Lipinski definition) is 1. The fourth-order valence-electron chi connectivity index (χ4n) is 3.60. The molecule has 0 aliphatic carbocycles. The summed E-state index contributed by atoms with van der Waals surface area (Å²) in [5.41, 5.74) is 1.28. The molecular weight excluding hydrogens is 418 g/mol. The van der Waals surface area contributed by atoms with Gasteiger partial charge in [-0.3, -0.25) is 4.79 Å². The number of carbonyl (C=O) groups is 1. The molecule has 30 heavy (non-hydrogen) atoms. The van der Waals surface area contributed by atoms with Crippen molar-refractivity contribution in [2.75, 3.05) is 33.2 Å². The smallest absolute Gasteiger partial charge is 0.252 e. The lowest BCUT2D eigenvalue weighted by molar-refractivity contribution is -0.120. The van der Waals surface area contributed by atoms with Gasteiger partial charge in [0.15, 0.2) is 0 Å². The summed E-state index contributed by atoms with van der Waals surface area (Å²) >= 11 is 1.21. The van der Waals surface area contributed by atoms with Crippen LogP contribution in [-0.4, -0.2) is 56.8 Å². The van der Waals surface area contributed by atoms with Gasteiger partial charge in [0.1, 0.15) is 4.21 Å². The Hall–Kier alpha value is -1.74. The first kappa shape index (κ1) is 22.9. The van der Waals surface area contributed by atoms with E-state index in [0.29, 0.717) is 23.8 Å². The van der Waals surface area contributed by atoms with Crippen molar-refractivity contribution in [1.82, 2.24) is 14.5 Å². The first-order valence-corrected chi connectivity index (χ1v) is 12.8. The third-order valence-corrected chi connectivity index (χ3v) is 8.67. The molecule has 0 unspecified atom stereocenters. The minimum absolute atomic E-state index is 0.0653. The van der Waals surface area contributed by atoms with Crippen molar-refractivity contribution in [2.45, 2.75) is 42.9 Å². The minimum atomic E-state index is -3.42. The summed E-state index contributed by atoms with van der Waals surface area (Å²) in [4.78, 5) is 15.2. The molecule has 164 valence electrons. The second-order valence-corrected chi connectivity index (χ2v) is 11.1. The molecule has 1 aromatic carbocycles. The SMILES string of the molecule is CN(CCCNC(=O)Cc1ccc(S(=O)(=O)N2CCCCC2)s1)Cc1ccccc1. The Morgan fingerprint density at radius 1 is 1.10 bits per heavy atom. The fourth-order valence-corrected chi connectivity index (χ4v) is 6.62. The van der Waals surface area contributed by atoms with E-state index in [1.807, 2.05) is 18.2 Å². The largest absolute Gasteiger partial charge is 0.356 e. The highest BCUT2D eigenvalue weighted by Crippen LogP contribution is 2.27. The van der Waals surface area contributed by atoms with Crippen molar-refractivity contribution in [1.29, 1.82) is 0 Å². The lowest BCUT2D eigenvalue weighted by Crippen LogP contribution is -2.35. The van der Waals surface area contributed by atoms with Gasteiger partial charge in [-0.1, -0.05) is 36.8 Å². The average molecular weight is 450 g/mol. The van der Waals surface area contributed by atoms with E-state index in [4.69, 9.17) is 0 Å². The van der Waals surface area contributed by atoms with Crippen LogP contribution in [0, 0.1) is 0 Å². The van der Waals surface area contributed by atoms with E-state index in [9.17, 15) is 13.2 Å². The van der Waals surface area contributed by atoms with Crippen LogP contribution < -0.4 is 5.32 Å². The standard InChI is InChI=1S/C22H31N3O3S2/c1-24(18-19-9-4-2-5-10-19)14-8-13-23-21(26)17-20-11-12-22(29-20)30(27,28)25-15-6-3-7-16-25/h2,4-5,9-12H,3,6-8,13-18H2,1H3,(H,23,26). The maximum atomic E-state index is 12.7. The molecule has 0 atom stereocenters. The molecule has 1 aliphatic rings. The van der Waals surface area contributed by atoms with Crippen LogP contribution in [0.4, 0.5) is 0 Å². The molecule has 0 saturated carbocycles. The van der Waals surface area contributed by atoms with Crippen LogP contribution in [0.25, 0.3) is 0 Å². The summed E-state index contributed by atoms with van der Waals surface area (Å²) in [7, 11) is -1.34. The quantitative estimate of drug-likeness (QED) is 0.566. The van der Waals surface area contributed by atoms with Crippen molar-refractivity contribution in [2.24, 2.45) is 0 Å². The molecule has 1 N–H and O–H groups in total. The maximum Gasteiger partial charge on any atom is 0.252 e. The number of benzene rings is 1. The Kier molecular flexibility index (Phi) is 8.44. The van der Waals surface area contributed by atoms with Crippen LogP contribution in [0.5, 0.6) is 0 Å². The third-order valence-electron chi connectivity index (χ3n) is 5.22. The number of rotatable bonds is 10. The highest BCUT2D eigenvalue weighted by Gasteiger charge is 2.27. The Bertz CT molecular complexity index is 907. The van der Waals surface area contributed by atoms with Crippen molar-refractivity contribution in [3.8, 4) is 0 Å². The molecule has 1 fully saturated rings. The monoisotopic (exact) mass is 449 g/mol. The van der Waals surface area contributed by atoms with Crippen LogP contribution in [0.2, 0.25) is 0 Å². The Labute approximate surface area is 183 Å². The highest BCUT2D eigenvalue weighted by molar-refractivity contribution is 7.91. The topological polar surface area (TPSA) is 69.7 Å². The van der Waals surface area contributed by atoms with Crippen molar-refractivity contribution < 1.29 is 13.2 Å². The Morgan fingerprint density at radius 2 is 1.83 bits per heavy atom. The number of piperidine rings is 1. The lowest BCUT2D eigenvalue weighted by Gasteiger charge is -2.25. The van der Waals surface area contributed by atoms with Gasteiger partial charge >= 0.3 is 0 Å². The number of sulfonamides is 1. The summed E-state index contributed by atoms with van der Waals surface area (Å²) < 4.78 is 27.4. The van der Waals surface area contributed by atoms with Gasteiger partial charge in [-0.05, 0) is 50.6 Å². The third kappa shape index (κ3) is 6.63.